The van der Waals surface area contributed by atoms with Gasteiger partial charge in [0.2, 0.25) is 23.6 Å². The first-order valence-corrected chi connectivity index (χ1v) is 23.3. The lowest BCUT2D eigenvalue weighted by Gasteiger charge is -2.44. The lowest BCUT2D eigenvalue weighted by Crippen LogP contribution is -2.68. The Bertz CT molecular complexity index is 1930. The Kier molecular flexibility index (Phi) is 15.4. The number of hydrogen-bond acceptors (Lipinski definition) is 8. The number of amides is 4. The Labute approximate surface area is 356 Å². The average molecular weight is 841 g/mol. The predicted octanol–water partition coefficient (Wildman–Crippen LogP) is 4.99. The molecule has 0 aromatic heterocycles. The van der Waals surface area contributed by atoms with Crippen molar-refractivity contribution in [1.82, 2.24) is 20.9 Å². The van der Waals surface area contributed by atoms with E-state index < -0.39 is 55.8 Å². The Morgan fingerprint density at radius 1 is 0.850 bits per heavy atom. The first kappa shape index (κ1) is 46.1. The smallest absolute Gasteiger partial charge is 0.262 e. The van der Waals surface area contributed by atoms with Gasteiger partial charge in [-0.25, -0.2) is 0 Å². The van der Waals surface area contributed by atoms with Gasteiger partial charge in [-0.05, 0) is 79.1 Å². The summed E-state index contributed by atoms with van der Waals surface area (Å²) in [6.45, 7) is 12.2. The van der Waals surface area contributed by atoms with Gasteiger partial charge in [-0.3, -0.25) is 24.0 Å². The third-order valence-corrected chi connectivity index (χ3v) is 17.3. The molecule has 2 saturated heterocycles. The van der Waals surface area contributed by atoms with Gasteiger partial charge in [-0.1, -0.05) is 107 Å². The molecule has 0 saturated carbocycles. The molecule has 2 fully saturated rings. The molecular formula is C47H64N4O8Si. The molecule has 324 valence electrons. The van der Waals surface area contributed by atoms with Crippen molar-refractivity contribution < 1.29 is 37.9 Å². The number of fused-ring (bicyclic) bond motifs is 1. The van der Waals surface area contributed by atoms with Crippen molar-refractivity contribution in [2.45, 2.75) is 134 Å². The summed E-state index contributed by atoms with van der Waals surface area (Å²) in [7, 11) is 0.142. The number of carbonyl (C=O) groups excluding carboxylic acids is 5. The first-order chi connectivity index (χ1) is 28.6. The van der Waals surface area contributed by atoms with Crippen LogP contribution in [0.3, 0.4) is 0 Å². The number of rotatable bonds is 16. The van der Waals surface area contributed by atoms with Crippen LogP contribution in [0, 0.1) is 0 Å². The standard InChI is InChI=1S/C47H64N4O8Si/c1-9-47(6)45(56)49-37(30-33-27-28-40(57-7)41(31-33)58-8)44(55)51-29-19-25-38(51)43(54)48-36(42(53)50-47)24-17-12-18-26-39(52)32(2)59-60(46(3,4)5,34-20-13-10-14-21-34)35-22-15-11-16-23-35/h10-11,13-16,20-23,27-28,31-32,36-38H,9,12,17-19,24-26,29-30H2,1-8H3,(H,48,54)(H,49,56)(H,50,53)/t32-,36+,37+,38-,47+/m1/s1. The van der Waals surface area contributed by atoms with Gasteiger partial charge >= 0.3 is 0 Å². The molecule has 12 nitrogen and oxygen atoms in total. The number of benzene rings is 3. The van der Waals surface area contributed by atoms with Crippen LogP contribution in [0.25, 0.3) is 0 Å². The molecule has 60 heavy (non-hydrogen) atoms. The summed E-state index contributed by atoms with van der Waals surface area (Å²) in [6, 6.07) is 23.1. The molecule has 0 radical (unpaired) electrons. The van der Waals surface area contributed by atoms with Crippen molar-refractivity contribution >= 4 is 48.1 Å². The number of unbranched alkanes of at least 4 members (excludes halogenated alkanes) is 2. The molecule has 3 aromatic carbocycles. The maximum atomic E-state index is 14.2. The van der Waals surface area contributed by atoms with E-state index >= 15 is 0 Å². The number of ketones is 1. The SMILES string of the molecule is CC[C@]1(C)NC(=O)[C@H](CCCCCC(=O)[C@@H](C)O[Si](c2ccccc2)(c2ccccc2)C(C)(C)C)NC(=O)[C@H]2CCCN2C(=O)[C@H](Cc2ccc(OC)c(OC)c2)NC1=O. The van der Waals surface area contributed by atoms with Gasteiger partial charge in [0, 0.05) is 19.4 Å². The van der Waals surface area contributed by atoms with Gasteiger partial charge in [0.1, 0.15) is 29.8 Å². The van der Waals surface area contributed by atoms with Crippen LogP contribution in [-0.2, 0) is 34.8 Å². The maximum Gasteiger partial charge on any atom is 0.262 e. The molecule has 0 unspecified atom stereocenters. The van der Waals surface area contributed by atoms with E-state index in [1.165, 1.54) is 19.1 Å². The second-order valence-corrected chi connectivity index (χ2v) is 21.6. The zero-order valence-corrected chi connectivity index (χ0v) is 37.6. The number of nitrogens with zero attached hydrogens (tertiary/aromatic N) is 1. The van der Waals surface area contributed by atoms with E-state index in [-0.39, 0.29) is 29.6 Å². The Morgan fingerprint density at radius 2 is 1.48 bits per heavy atom. The highest BCUT2D eigenvalue weighted by Crippen LogP contribution is 2.38. The average Bonchev–Trinajstić information content (AvgIpc) is 3.74. The Hall–Kier alpha value is -5.01. The maximum absolute atomic E-state index is 14.2. The molecule has 2 aliphatic heterocycles. The van der Waals surface area contributed by atoms with Crippen LogP contribution in [0.2, 0.25) is 5.04 Å². The van der Waals surface area contributed by atoms with Crippen molar-refractivity contribution in [2.24, 2.45) is 0 Å². The Morgan fingerprint density at radius 3 is 2.07 bits per heavy atom. The number of Topliss-reactive ketones (excluding diaryl/α,β-unsaturated/α-hetero) is 1. The summed E-state index contributed by atoms with van der Waals surface area (Å²) in [6.07, 6.45) is 3.15. The molecule has 2 heterocycles. The van der Waals surface area contributed by atoms with Crippen molar-refractivity contribution in [3.05, 3.63) is 84.4 Å². The van der Waals surface area contributed by atoms with Crippen LogP contribution in [-0.4, -0.2) is 93.2 Å². The molecule has 5 rings (SSSR count). The zero-order chi connectivity index (χ0) is 43.7. The summed E-state index contributed by atoms with van der Waals surface area (Å²) in [5, 5.41) is 10.7. The largest absolute Gasteiger partial charge is 0.493 e. The lowest BCUT2D eigenvalue weighted by molar-refractivity contribution is -0.144. The van der Waals surface area contributed by atoms with Crippen LogP contribution in [0.5, 0.6) is 11.5 Å². The molecular weight excluding hydrogens is 777 g/mol. The highest BCUT2D eigenvalue weighted by molar-refractivity contribution is 6.99. The summed E-state index contributed by atoms with van der Waals surface area (Å²) in [4.78, 5) is 71.4. The van der Waals surface area contributed by atoms with E-state index in [4.69, 9.17) is 13.9 Å². The third kappa shape index (κ3) is 10.3. The minimum Gasteiger partial charge on any atom is -0.493 e. The summed E-state index contributed by atoms with van der Waals surface area (Å²) >= 11 is 0. The first-order valence-electron chi connectivity index (χ1n) is 21.3. The molecule has 0 aliphatic carbocycles. The van der Waals surface area contributed by atoms with Crippen LogP contribution in [0.4, 0.5) is 0 Å². The van der Waals surface area contributed by atoms with E-state index in [1.807, 2.05) is 43.3 Å². The summed E-state index contributed by atoms with van der Waals surface area (Å²) in [5.41, 5.74) is -0.642. The van der Waals surface area contributed by atoms with Crippen molar-refractivity contribution in [1.29, 1.82) is 0 Å². The van der Waals surface area contributed by atoms with Gasteiger partial charge in [0.05, 0.1) is 14.2 Å². The third-order valence-electron chi connectivity index (χ3n) is 12.2. The monoisotopic (exact) mass is 840 g/mol. The topological polar surface area (TPSA) is 152 Å². The second kappa shape index (κ2) is 20.0. The van der Waals surface area contributed by atoms with Crippen molar-refractivity contribution in [3.63, 3.8) is 0 Å². The number of methoxy groups -OCH3 is 2. The van der Waals surface area contributed by atoms with Crippen LogP contribution in [0.1, 0.15) is 98.5 Å². The normalized spacial score (nSPS) is 22.1. The number of carbonyl (C=O) groups is 5. The number of ether oxygens (including phenoxy) is 2. The van der Waals surface area contributed by atoms with E-state index in [1.54, 1.807) is 32.0 Å². The molecule has 13 heteroatoms. The van der Waals surface area contributed by atoms with Gasteiger partial charge in [-0.2, -0.15) is 0 Å². The minimum absolute atomic E-state index is 0.0141. The van der Waals surface area contributed by atoms with Crippen LogP contribution < -0.4 is 35.8 Å². The van der Waals surface area contributed by atoms with E-state index in [0.717, 1.165) is 15.9 Å². The summed E-state index contributed by atoms with van der Waals surface area (Å²) < 4.78 is 17.9. The lowest BCUT2D eigenvalue weighted by atomic mass is 9.94. The minimum atomic E-state index is -2.92. The summed E-state index contributed by atoms with van der Waals surface area (Å²) in [5.74, 6) is -0.706. The van der Waals surface area contributed by atoms with Crippen LogP contribution >= 0.6 is 0 Å². The number of nitrogens with one attached hydrogen (secondary N) is 3. The fraction of sp³-hybridized carbons (Fsp3) is 0.511. The van der Waals surface area contributed by atoms with Crippen molar-refractivity contribution in [2.75, 3.05) is 20.8 Å². The van der Waals surface area contributed by atoms with E-state index in [0.29, 0.717) is 63.0 Å². The highest BCUT2D eigenvalue weighted by Gasteiger charge is 2.51. The van der Waals surface area contributed by atoms with Gasteiger partial charge in [0.15, 0.2) is 17.3 Å². The molecule has 0 bridgehead atoms. The zero-order valence-electron chi connectivity index (χ0n) is 36.6. The molecule has 3 N–H and O–H groups in total. The highest BCUT2D eigenvalue weighted by atomic mass is 28.4. The van der Waals surface area contributed by atoms with E-state index in [2.05, 4.69) is 61.0 Å². The second-order valence-electron chi connectivity index (χ2n) is 17.3. The predicted molar refractivity (Wildman–Crippen MR) is 235 cm³/mol. The molecule has 0 spiro atoms. The fourth-order valence-corrected chi connectivity index (χ4v) is 13.2. The molecule has 2 aliphatic rings. The van der Waals surface area contributed by atoms with Gasteiger partial charge in [-0.15, -0.1) is 0 Å². The van der Waals surface area contributed by atoms with Gasteiger partial charge < -0.3 is 34.8 Å². The van der Waals surface area contributed by atoms with E-state index in [9.17, 15) is 24.0 Å². The number of hydrogen-bond donors (Lipinski definition) is 3. The Balaban J connectivity index is 1.26. The van der Waals surface area contributed by atoms with Crippen LogP contribution in [0.15, 0.2) is 78.9 Å². The molecule has 3 aromatic rings. The van der Waals surface area contributed by atoms with Crippen molar-refractivity contribution in [3.8, 4) is 11.5 Å². The molecule has 4 amide bonds. The molecule has 5 atom stereocenters. The quantitative estimate of drug-likeness (QED) is 0.135. The fourth-order valence-electron chi connectivity index (χ4n) is 8.52. The van der Waals surface area contributed by atoms with Gasteiger partial charge in [0.25, 0.3) is 8.32 Å².